The molecule has 3 unspecified atom stereocenters. The summed E-state index contributed by atoms with van der Waals surface area (Å²) in [6, 6.07) is -0.736. The van der Waals surface area contributed by atoms with Crippen molar-refractivity contribution in [2.45, 2.75) is 238 Å². The highest BCUT2D eigenvalue weighted by atomic mass is 16.5. The molecule has 6 nitrogen and oxygen atoms in total. The van der Waals surface area contributed by atoms with Gasteiger partial charge in [0.25, 0.3) is 0 Å². The van der Waals surface area contributed by atoms with Crippen LogP contribution in [0.4, 0.5) is 0 Å². The van der Waals surface area contributed by atoms with E-state index in [0.29, 0.717) is 19.3 Å². The zero-order valence-electron chi connectivity index (χ0n) is 39.1. The second kappa shape index (κ2) is 47.1. The van der Waals surface area contributed by atoms with E-state index in [1.807, 2.05) is 12.2 Å². The summed E-state index contributed by atoms with van der Waals surface area (Å²) in [4.78, 5) is 26.1. The molecule has 0 aromatic carbocycles. The predicted molar refractivity (Wildman–Crippen MR) is 259 cm³/mol. The van der Waals surface area contributed by atoms with E-state index in [1.54, 1.807) is 0 Å². The van der Waals surface area contributed by atoms with Gasteiger partial charge in [-0.05, 0) is 70.6 Å². The second-order valence-corrected chi connectivity index (χ2v) is 16.5. The molecule has 0 rings (SSSR count). The molecule has 0 aliphatic rings. The van der Waals surface area contributed by atoms with Crippen LogP contribution in [-0.4, -0.2) is 46.9 Å². The van der Waals surface area contributed by atoms with Crippen LogP contribution in [0.5, 0.6) is 0 Å². The van der Waals surface area contributed by atoms with Crippen molar-refractivity contribution < 1.29 is 24.5 Å². The molecule has 0 heterocycles. The van der Waals surface area contributed by atoms with Crippen molar-refractivity contribution in [1.29, 1.82) is 0 Å². The summed E-state index contributed by atoms with van der Waals surface area (Å²) in [6.07, 6.45) is 60.8. The van der Waals surface area contributed by atoms with Gasteiger partial charge in [-0.25, -0.2) is 0 Å². The summed E-state index contributed by atoms with van der Waals surface area (Å²) in [5.41, 5.74) is 0. The number of allylic oxidation sites excluding steroid dienone is 13. The minimum Gasteiger partial charge on any atom is -0.461 e. The van der Waals surface area contributed by atoms with Crippen molar-refractivity contribution >= 4 is 11.9 Å². The summed E-state index contributed by atoms with van der Waals surface area (Å²) >= 11 is 0. The standard InChI is InChI=1S/C54H93NO5/c1-4-7-10-13-16-19-22-25-27-28-30-33-36-39-42-45-50(60-54(59)47-44-41-38-35-32-29-26-23-20-17-14-11-8-5-2)48-53(58)55-51(49-56)52(57)46-43-40-37-34-31-24-21-18-15-12-9-6-3/h7-8,10-11,16-17,19-20,25,27,30,33,39,42,50-52,56-57H,4-6,9,12-15,18,21-24,26,28-29,31-32,34-38,40-41,43-49H2,1-3H3,(H,55,58)/b10-7-,11-8+,19-16-,20-17+,27-25-,33-30-,42-39-. The first-order valence-electron chi connectivity index (χ1n) is 24.8. The number of esters is 1. The molecule has 0 radical (unpaired) electrons. The van der Waals surface area contributed by atoms with Crippen LogP contribution in [0.25, 0.3) is 0 Å². The third-order valence-electron chi connectivity index (χ3n) is 10.7. The minimum absolute atomic E-state index is 0.00744. The van der Waals surface area contributed by atoms with Crippen LogP contribution in [0.1, 0.15) is 220 Å². The molecule has 0 aliphatic heterocycles. The largest absolute Gasteiger partial charge is 0.461 e. The van der Waals surface area contributed by atoms with Crippen molar-refractivity contribution in [3.8, 4) is 0 Å². The van der Waals surface area contributed by atoms with Gasteiger partial charge in [-0.15, -0.1) is 0 Å². The normalized spacial score (nSPS) is 14.0. The van der Waals surface area contributed by atoms with Crippen LogP contribution in [-0.2, 0) is 14.3 Å². The Morgan fingerprint density at radius 2 is 0.933 bits per heavy atom. The van der Waals surface area contributed by atoms with E-state index in [0.717, 1.165) is 89.9 Å². The van der Waals surface area contributed by atoms with Crippen LogP contribution in [0.15, 0.2) is 85.1 Å². The summed E-state index contributed by atoms with van der Waals surface area (Å²) in [5, 5.41) is 23.7. The monoisotopic (exact) mass is 836 g/mol. The van der Waals surface area contributed by atoms with E-state index in [4.69, 9.17) is 4.74 Å². The SMILES string of the molecule is CC/C=C\C/C=C\C/C=C\C/C=C\C/C=C\CC(CC(=O)NC(CO)C(O)CCCCCCCCCCCCCC)OC(=O)CCCCCCCCC/C=C/C/C=C/CC. The lowest BCUT2D eigenvalue weighted by atomic mass is 10.0. The van der Waals surface area contributed by atoms with Crippen molar-refractivity contribution in [1.82, 2.24) is 5.32 Å². The quantitative estimate of drug-likeness (QED) is 0.0323. The number of nitrogens with one attached hydrogen (secondary N) is 1. The van der Waals surface area contributed by atoms with Crippen LogP contribution in [0, 0.1) is 0 Å². The molecule has 0 aromatic heterocycles. The highest BCUT2D eigenvalue weighted by Crippen LogP contribution is 2.16. The van der Waals surface area contributed by atoms with E-state index < -0.39 is 18.2 Å². The molecule has 60 heavy (non-hydrogen) atoms. The maximum absolute atomic E-state index is 13.2. The fraction of sp³-hybridized carbons (Fsp3) is 0.704. The Bertz CT molecular complexity index is 1160. The number of aliphatic hydroxyl groups is 2. The maximum atomic E-state index is 13.2. The van der Waals surface area contributed by atoms with Gasteiger partial charge in [0.1, 0.15) is 6.10 Å². The Hall–Kier alpha value is -2.96. The first-order valence-corrected chi connectivity index (χ1v) is 24.8. The fourth-order valence-corrected chi connectivity index (χ4v) is 7.02. The molecule has 0 bridgehead atoms. The Labute approximate surface area is 370 Å². The van der Waals surface area contributed by atoms with E-state index in [9.17, 15) is 19.8 Å². The lowest BCUT2D eigenvalue weighted by molar-refractivity contribution is -0.150. The van der Waals surface area contributed by atoms with E-state index in [2.05, 4.69) is 99.0 Å². The zero-order valence-corrected chi connectivity index (χ0v) is 39.1. The lowest BCUT2D eigenvalue weighted by Gasteiger charge is -2.24. The molecule has 0 saturated carbocycles. The molecule has 0 aliphatic carbocycles. The number of carbonyl (C=O) groups is 2. The van der Waals surface area contributed by atoms with Gasteiger partial charge in [-0.2, -0.15) is 0 Å². The van der Waals surface area contributed by atoms with Crippen molar-refractivity contribution in [3.05, 3.63) is 85.1 Å². The van der Waals surface area contributed by atoms with E-state index >= 15 is 0 Å². The van der Waals surface area contributed by atoms with Crippen LogP contribution in [0.3, 0.4) is 0 Å². The Balaban J connectivity index is 4.76. The van der Waals surface area contributed by atoms with Gasteiger partial charge in [0.05, 0.1) is 25.2 Å². The van der Waals surface area contributed by atoms with Crippen molar-refractivity contribution in [2.24, 2.45) is 0 Å². The molecule has 3 N–H and O–H groups in total. The third-order valence-corrected chi connectivity index (χ3v) is 10.7. The van der Waals surface area contributed by atoms with Gasteiger partial charge >= 0.3 is 5.97 Å². The number of aliphatic hydroxyl groups excluding tert-OH is 2. The van der Waals surface area contributed by atoms with Gasteiger partial charge in [0.15, 0.2) is 0 Å². The van der Waals surface area contributed by atoms with Crippen LogP contribution < -0.4 is 5.32 Å². The Morgan fingerprint density at radius 3 is 1.42 bits per heavy atom. The molecule has 0 saturated heterocycles. The summed E-state index contributed by atoms with van der Waals surface area (Å²) < 4.78 is 5.86. The molecular formula is C54H93NO5. The predicted octanol–water partition coefficient (Wildman–Crippen LogP) is 14.8. The number of ether oxygens (including phenoxy) is 1. The van der Waals surface area contributed by atoms with Gasteiger partial charge in [-0.3, -0.25) is 9.59 Å². The van der Waals surface area contributed by atoms with Gasteiger partial charge < -0.3 is 20.3 Å². The number of rotatable bonds is 43. The smallest absolute Gasteiger partial charge is 0.306 e. The average Bonchev–Trinajstić information content (AvgIpc) is 3.24. The minimum atomic E-state index is -0.816. The van der Waals surface area contributed by atoms with Gasteiger partial charge in [0.2, 0.25) is 5.91 Å². The van der Waals surface area contributed by atoms with Gasteiger partial charge in [-0.1, -0.05) is 215 Å². The van der Waals surface area contributed by atoms with E-state index in [1.165, 1.54) is 83.5 Å². The zero-order chi connectivity index (χ0) is 43.8. The molecular weight excluding hydrogens is 743 g/mol. The maximum Gasteiger partial charge on any atom is 0.306 e. The molecule has 0 aromatic rings. The number of hydrogen-bond acceptors (Lipinski definition) is 5. The molecule has 3 atom stereocenters. The average molecular weight is 836 g/mol. The van der Waals surface area contributed by atoms with Crippen molar-refractivity contribution in [2.75, 3.05) is 6.61 Å². The van der Waals surface area contributed by atoms with Crippen molar-refractivity contribution in [3.63, 3.8) is 0 Å². The number of hydrogen-bond donors (Lipinski definition) is 3. The van der Waals surface area contributed by atoms with E-state index in [-0.39, 0.29) is 24.9 Å². The highest BCUT2D eigenvalue weighted by Gasteiger charge is 2.23. The topological polar surface area (TPSA) is 95.9 Å². The molecule has 344 valence electrons. The summed E-state index contributed by atoms with van der Waals surface area (Å²) in [5.74, 6) is -0.594. The number of unbranched alkanes of at least 4 members (excludes halogenated alkanes) is 18. The first-order chi connectivity index (χ1) is 29.5. The first kappa shape index (κ1) is 57.0. The molecule has 0 spiro atoms. The van der Waals surface area contributed by atoms with Gasteiger partial charge in [0, 0.05) is 12.8 Å². The summed E-state index contributed by atoms with van der Waals surface area (Å²) in [6.45, 7) is 6.22. The molecule has 0 fully saturated rings. The fourth-order valence-electron chi connectivity index (χ4n) is 7.02. The third kappa shape index (κ3) is 41.8. The second-order valence-electron chi connectivity index (χ2n) is 16.5. The van der Waals surface area contributed by atoms with Crippen LogP contribution >= 0.6 is 0 Å². The molecule has 6 heteroatoms. The van der Waals surface area contributed by atoms with Crippen LogP contribution in [0.2, 0.25) is 0 Å². The summed E-state index contributed by atoms with van der Waals surface area (Å²) in [7, 11) is 0. The lowest BCUT2D eigenvalue weighted by Crippen LogP contribution is -2.46. The highest BCUT2D eigenvalue weighted by molar-refractivity contribution is 5.77. The molecule has 1 amide bonds. The number of carbonyl (C=O) groups excluding carboxylic acids is 2. The Morgan fingerprint density at radius 1 is 0.517 bits per heavy atom. The number of amides is 1. The Kier molecular flexibility index (Phi) is 44.8.